The second-order valence-electron chi connectivity index (χ2n) is 7.58. The molecule has 2 aromatic heterocycles. The first kappa shape index (κ1) is 19.1. The van der Waals surface area contributed by atoms with Crippen molar-refractivity contribution in [3.8, 4) is 11.1 Å². The first-order valence-corrected chi connectivity index (χ1v) is 10.0. The molecule has 6 nitrogen and oxygen atoms in total. The van der Waals surface area contributed by atoms with Crippen LogP contribution in [0.5, 0.6) is 0 Å². The molecule has 0 fully saturated rings. The summed E-state index contributed by atoms with van der Waals surface area (Å²) in [4.78, 5) is 26.1. The lowest BCUT2D eigenvalue weighted by Crippen LogP contribution is -2.15. The van der Waals surface area contributed by atoms with Crippen molar-refractivity contribution in [1.82, 2.24) is 9.97 Å². The van der Waals surface area contributed by atoms with E-state index in [1.807, 2.05) is 6.07 Å². The number of anilines is 1. The van der Waals surface area contributed by atoms with E-state index >= 15 is 0 Å². The summed E-state index contributed by atoms with van der Waals surface area (Å²) in [5, 5.41) is 0.429. The first-order valence-electron chi connectivity index (χ1n) is 10.0. The van der Waals surface area contributed by atoms with Gasteiger partial charge in [0, 0.05) is 18.2 Å². The van der Waals surface area contributed by atoms with Crippen LogP contribution in [0, 0.1) is 11.7 Å². The molecule has 0 saturated heterocycles. The predicted octanol–water partition coefficient (Wildman–Crippen LogP) is 4.48. The number of aliphatic imine (C=N–C) groups is 1. The topological polar surface area (TPSA) is 94.4 Å². The van der Waals surface area contributed by atoms with E-state index in [9.17, 15) is 9.18 Å². The Morgan fingerprint density at radius 1 is 1.10 bits per heavy atom. The predicted molar refractivity (Wildman–Crippen MR) is 118 cm³/mol. The first-order chi connectivity index (χ1) is 15.1. The van der Waals surface area contributed by atoms with Crippen LogP contribution in [0.2, 0.25) is 0 Å². The van der Waals surface area contributed by atoms with Gasteiger partial charge in [-0.3, -0.25) is 9.79 Å². The van der Waals surface area contributed by atoms with E-state index < -0.39 is 5.82 Å². The number of nitrogen functional groups attached to an aromatic ring is 1. The Labute approximate surface area is 177 Å². The number of aromatic nitrogens is 2. The Morgan fingerprint density at radius 3 is 2.77 bits per heavy atom. The lowest BCUT2D eigenvalue weighted by atomic mass is 9.91. The van der Waals surface area contributed by atoms with Crippen molar-refractivity contribution in [3.05, 3.63) is 82.4 Å². The third-order valence-electron chi connectivity index (χ3n) is 5.56. The Kier molecular flexibility index (Phi) is 4.78. The molecule has 3 heterocycles. The van der Waals surface area contributed by atoms with Crippen molar-refractivity contribution in [2.45, 2.75) is 19.3 Å². The summed E-state index contributed by atoms with van der Waals surface area (Å²) in [6, 6.07) is 13.3. The van der Waals surface area contributed by atoms with Crippen LogP contribution >= 0.6 is 0 Å². The van der Waals surface area contributed by atoms with Gasteiger partial charge in [-0.15, -0.1) is 0 Å². The fraction of sp³-hybridized carbons (Fsp3) is 0.167. The Balaban J connectivity index is 1.63. The molecule has 5 rings (SSSR count). The number of rotatable bonds is 3. The lowest BCUT2D eigenvalue weighted by Gasteiger charge is -2.16. The van der Waals surface area contributed by atoms with Gasteiger partial charge in [-0.05, 0) is 37.0 Å². The van der Waals surface area contributed by atoms with Gasteiger partial charge < -0.3 is 10.2 Å². The van der Waals surface area contributed by atoms with Gasteiger partial charge >= 0.3 is 0 Å². The summed E-state index contributed by atoms with van der Waals surface area (Å²) in [6.07, 6.45) is 4.88. The van der Waals surface area contributed by atoms with Gasteiger partial charge in [0.2, 0.25) is 5.43 Å². The number of fused-ring (bicyclic) bond motifs is 2. The van der Waals surface area contributed by atoms with E-state index in [4.69, 9.17) is 10.2 Å². The molecule has 0 spiro atoms. The molecule has 7 heteroatoms. The van der Waals surface area contributed by atoms with Gasteiger partial charge in [0.1, 0.15) is 29.2 Å². The highest BCUT2D eigenvalue weighted by Crippen LogP contribution is 2.33. The molecule has 154 valence electrons. The zero-order valence-electron chi connectivity index (χ0n) is 16.6. The molecule has 0 radical (unpaired) electrons. The van der Waals surface area contributed by atoms with E-state index in [2.05, 4.69) is 15.0 Å². The summed E-state index contributed by atoms with van der Waals surface area (Å²) >= 11 is 0. The Morgan fingerprint density at radius 2 is 1.90 bits per heavy atom. The monoisotopic (exact) mass is 414 g/mol. The van der Waals surface area contributed by atoms with Crippen LogP contribution < -0.4 is 11.2 Å². The fourth-order valence-electron chi connectivity index (χ4n) is 4.06. The summed E-state index contributed by atoms with van der Waals surface area (Å²) < 4.78 is 20.9. The van der Waals surface area contributed by atoms with Crippen molar-refractivity contribution < 1.29 is 8.81 Å². The standard InChI is InChI=1S/C24H19FN4O2/c25-17-7-3-1-5-15(17)21-20(31-19-8-4-2-6-16(19)23(21)30)12-14-9-10-27-22-18(11-14)28-13-29-24(22)26/h1-8,10,13-14H,9,11-12H2,(H2,26,28,29). The largest absolute Gasteiger partial charge is 0.460 e. The van der Waals surface area contributed by atoms with Crippen LogP contribution in [-0.4, -0.2) is 16.2 Å². The second-order valence-corrected chi connectivity index (χ2v) is 7.58. The number of hydrogen-bond donors (Lipinski definition) is 1. The Hall–Kier alpha value is -3.87. The van der Waals surface area contributed by atoms with Gasteiger partial charge in [0.15, 0.2) is 5.82 Å². The number of nitrogens with zero attached hydrogens (tertiary/aromatic N) is 3. The molecule has 0 amide bonds. The quantitative estimate of drug-likeness (QED) is 0.533. The maximum absolute atomic E-state index is 14.7. The molecule has 4 aromatic rings. The zero-order chi connectivity index (χ0) is 21.4. The molecule has 0 saturated carbocycles. The maximum Gasteiger partial charge on any atom is 0.200 e. The van der Waals surface area contributed by atoms with E-state index in [0.29, 0.717) is 47.5 Å². The number of halogens is 1. The molecular weight excluding hydrogens is 395 g/mol. The maximum atomic E-state index is 14.7. The van der Waals surface area contributed by atoms with Crippen LogP contribution in [0.1, 0.15) is 17.9 Å². The van der Waals surface area contributed by atoms with Crippen LogP contribution in [0.3, 0.4) is 0 Å². The highest BCUT2D eigenvalue weighted by molar-refractivity contribution is 5.83. The minimum absolute atomic E-state index is 0.0501. The molecule has 2 N–H and O–H groups in total. The van der Waals surface area contributed by atoms with Crippen LogP contribution in [0.4, 0.5) is 15.9 Å². The smallest absolute Gasteiger partial charge is 0.200 e. The molecule has 31 heavy (non-hydrogen) atoms. The molecule has 1 aliphatic heterocycles. The number of benzene rings is 2. The van der Waals surface area contributed by atoms with E-state index in [0.717, 1.165) is 5.69 Å². The van der Waals surface area contributed by atoms with E-state index in [1.165, 1.54) is 12.4 Å². The van der Waals surface area contributed by atoms with Crippen molar-refractivity contribution in [2.75, 3.05) is 5.73 Å². The van der Waals surface area contributed by atoms with Crippen LogP contribution in [0.15, 0.2) is 69.1 Å². The molecule has 0 bridgehead atoms. The van der Waals surface area contributed by atoms with Gasteiger partial charge in [-0.2, -0.15) is 0 Å². The van der Waals surface area contributed by atoms with Crippen molar-refractivity contribution in [1.29, 1.82) is 0 Å². The summed E-state index contributed by atoms with van der Waals surface area (Å²) in [5.41, 5.74) is 8.03. The minimum atomic E-state index is -0.459. The van der Waals surface area contributed by atoms with Crippen molar-refractivity contribution in [2.24, 2.45) is 10.9 Å². The fourth-order valence-corrected chi connectivity index (χ4v) is 4.06. The number of hydrogen-bond acceptors (Lipinski definition) is 6. The van der Waals surface area contributed by atoms with Crippen molar-refractivity contribution in [3.63, 3.8) is 0 Å². The third kappa shape index (κ3) is 3.48. The summed E-state index contributed by atoms with van der Waals surface area (Å²) in [6.45, 7) is 0. The van der Waals surface area contributed by atoms with Crippen molar-refractivity contribution >= 4 is 28.7 Å². The molecule has 1 aliphatic rings. The zero-order valence-corrected chi connectivity index (χ0v) is 16.6. The molecule has 1 unspecified atom stereocenters. The normalized spacial score (nSPS) is 15.6. The summed E-state index contributed by atoms with van der Waals surface area (Å²) in [5.74, 6) is 0.387. The van der Waals surface area contributed by atoms with E-state index in [1.54, 1.807) is 42.6 Å². The van der Waals surface area contributed by atoms with Crippen LogP contribution in [-0.2, 0) is 12.8 Å². The van der Waals surface area contributed by atoms with E-state index in [-0.39, 0.29) is 22.5 Å². The molecule has 0 aliphatic carbocycles. The minimum Gasteiger partial charge on any atom is -0.460 e. The van der Waals surface area contributed by atoms with Gasteiger partial charge in [0.25, 0.3) is 0 Å². The highest BCUT2D eigenvalue weighted by Gasteiger charge is 2.24. The van der Waals surface area contributed by atoms with Gasteiger partial charge in [-0.1, -0.05) is 30.3 Å². The number of nitrogens with two attached hydrogens (primary N) is 1. The number of para-hydroxylation sites is 1. The van der Waals surface area contributed by atoms with Gasteiger partial charge in [-0.25, -0.2) is 14.4 Å². The SMILES string of the molecule is Nc1ncnc2c1N=CCC(Cc1oc3ccccc3c(=O)c1-c1ccccc1F)C2. The highest BCUT2D eigenvalue weighted by atomic mass is 19.1. The molecular formula is C24H19FN4O2. The summed E-state index contributed by atoms with van der Waals surface area (Å²) in [7, 11) is 0. The van der Waals surface area contributed by atoms with Crippen LogP contribution in [0.25, 0.3) is 22.1 Å². The third-order valence-corrected chi connectivity index (χ3v) is 5.56. The molecule has 1 atom stereocenters. The average molecular weight is 414 g/mol. The van der Waals surface area contributed by atoms with Gasteiger partial charge in [0.05, 0.1) is 16.6 Å². The lowest BCUT2D eigenvalue weighted by molar-refractivity contribution is 0.456. The average Bonchev–Trinajstić information content (AvgIpc) is 2.98. The molecule has 2 aromatic carbocycles. The second kappa shape index (κ2) is 7.75. The Bertz CT molecular complexity index is 1380.